The number of hydrogen-bond donors (Lipinski definition) is 1. The first kappa shape index (κ1) is 12.2. The topological polar surface area (TPSA) is 53.1 Å². The standard InChI is InChI=1S/C15H19N3O/c1-18-13(10-17-15(18)6-7-16)11-4-5-14-12(9-11)3-2-8-19-14/h4-5,9-10H,2-3,6-8,16H2,1H3. The predicted octanol–water partition coefficient (Wildman–Crippen LogP) is 1.91. The van der Waals surface area contributed by atoms with E-state index >= 15 is 0 Å². The maximum atomic E-state index is 5.65. The summed E-state index contributed by atoms with van der Waals surface area (Å²) in [5, 5.41) is 0. The lowest BCUT2D eigenvalue weighted by Gasteiger charge is -2.18. The van der Waals surface area contributed by atoms with E-state index in [2.05, 4.69) is 27.8 Å². The van der Waals surface area contributed by atoms with Crippen LogP contribution in [0.1, 0.15) is 17.8 Å². The van der Waals surface area contributed by atoms with Gasteiger partial charge in [-0.3, -0.25) is 0 Å². The third kappa shape index (κ3) is 2.24. The number of aromatic nitrogens is 2. The lowest BCUT2D eigenvalue weighted by molar-refractivity contribution is 0.288. The van der Waals surface area contributed by atoms with Crippen LogP contribution in [-0.4, -0.2) is 22.7 Å². The number of nitrogens with two attached hydrogens (primary N) is 1. The summed E-state index contributed by atoms with van der Waals surface area (Å²) in [5.74, 6) is 2.06. The van der Waals surface area contributed by atoms with Gasteiger partial charge in [0, 0.05) is 19.0 Å². The van der Waals surface area contributed by atoms with Crippen molar-refractivity contribution in [2.75, 3.05) is 13.2 Å². The van der Waals surface area contributed by atoms with E-state index in [4.69, 9.17) is 10.5 Å². The zero-order chi connectivity index (χ0) is 13.2. The van der Waals surface area contributed by atoms with E-state index in [1.165, 1.54) is 11.1 Å². The van der Waals surface area contributed by atoms with Crippen LogP contribution in [0.3, 0.4) is 0 Å². The van der Waals surface area contributed by atoms with Crippen molar-refractivity contribution in [1.29, 1.82) is 0 Å². The van der Waals surface area contributed by atoms with Gasteiger partial charge in [-0.1, -0.05) is 0 Å². The first-order valence-corrected chi connectivity index (χ1v) is 6.76. The van der Waals surface area contributed by atoms with Crippen molar-refractivity contribution in [3.8, 4) is 17.0 Å². The molecule has 0 saturated heterocycles. The molecule has 1 aromatic carbocycles. The average Bonchev–Trinajstić information content (AvgIpc) is 2.80. The minimum atomic E-state index is 0.627. The van der Waals surface area contributed by atoms with Crippen molar-refractivity contribution in [2.45, 2.75) is 19.3 Å². The summed E-state index contributed by atoms with van der Waals surface area (Å²) in [6, 6.07) is 6.39. The van der Waals surface area contributed by atoms with Crippen LogP contribution in [0.15, 0.2) is 24.4 Å². The number of aryl methyl sites for hydroxylation is 1. The minimum absolute atomic E-state index is 0.627. The molecule has 0 bridgehead atoms. The Morgan fingerprint density at radius 1 is 1.42 bits per heavy atom. The summed E-state index contributed by atoms with van der Waals surface area (Å²) in [6.45, 7) is 1.46. The van der Waals surface area contributed by atoms with Crippen LogP contribution in [-0.2, 0) is 19.9 Å². The number of hydrogen-bond acceptors (Lipinski definition) is 3. The molecule has 0 unspecified atom stereocenters. The Kier molecular flexibility index (Phi) is 3.25. The number of benzene rings is 1. The maximum Gasteiger partial charge on any atom is 0.122 e. The summed E-state index contributed by atoms with van der Waals surface area (Å²) in [4.78, 5) is 4.45. The van der Waals surface area contributed by atoms with E-state index in [0.29, 0.717) is 6.54 Å². The fraction of sp³-hybridized carbons (Fsp3) is 0.400. The van der Waals surface area contributed by atoms with Crippen LogP contribution in [0.25, 0.3) is 11.3 Å². The monoisotopic (exact) mass is 257 g/mol. The molecular formula is C15H19N3O. The normalized spacial score (nSPS) is 14.0. The Bertz CT molecular complexity index is 589. The SMILES string of the molecule is Cn1c(-c2ccc3c(c2)CCCO3)cnc1CCN. The van der Waals surface area contributed by atoms with Crippen molar-refractivity contribution < 1.29 is 4.74 Å². The number of rotatable bonds is 3. The lowest BCUT2D eigenvalue weighted by Crippen LogP contribution is -2.09. The van der Waals surface area contributed by atoms with E-state index < -0.39 is 0 Å². The van der Waals surface area contributed by atoms with Gasteiger partial charge in [0.05, 0.1) is 18.5 Å². The second kappa shape index (κ2) is 5.05. The van der Waals surface area contributed by atoms with Crippen LogP contribution in [0, 0.1) is 0 Å². The zero-order valence-electron chi connectivity index (χ0n) is 11.2. The third-order valence-corrected chi connectivity index (χ3v) is 3.66. The Morgan fingerprint density at radius 2 is 2.32 bits per heavy atom. The number of imidazole rings is 1. The Hall–Kier alpha value is -1.81. The first-order valence-electron chi connectivity index (χ1n) is 6.76. The van der Waals surface area contributed by atoms with Gasteiger partial charge in [0.2, 0.25) is 0 Å². The second-order valence-corrected chi connectivity index (χ2v) is 4.93. The molecule has 1 aliphatic heterocycles. The quantitative estimate of drug-likeness (QED) is 0.914. The van der Waals surface area contributed by atoms with Crippen LogP contribution < -0.4 is 10.5 Å². The molecule has 0 fully saturated rings. The van der Waals surface area contributed by atoms with Gasteiger partial charge in [-0.05, 0) is 43.1 Å². The van der Waals surface area contributed by atoms with Crippen molar-refractivity contribution in [1.82, 2.24) is 9.55 Å². The molecule has 1 aliphatic rings. The molecule has 4 heteroatoms. The molecule has 0 amide bonds. The van der Waals surface area contributed by atoms with Gasteiger partial charge < -0.3 is 15.0 Å². The van der Waals surface area contributed by atoms with Gasteiger partial charge in [-0.15, -0.1) is 0 Å². The van der Waals surface area contributed by atoms with E-state index in [0.717, 1.165) is 43.1 Å². The summed E-state index contributed by atoms with van der Waals surface area (Å²) < 4.78 is 7.77. The van der Waals surface area contributed by atoms with Crippen molar-refractivity contribution >= 4 is 0 Å². The molecule has 19 heavy (non-hydrogen) atoms. The highest BCUT2D eigenvalue weighted by atomic mass is 16.5. The minimum Gasteiger partial charge on any atom is -0.493 e. The van der Waals surface area contributed by atoms with E-state index in [-0.39, 0.29) is 0 Å². The van der Waals surface area contributed by atoms with Crippen LogP contribution >= 0.6 is 0 Å². The van der Waals surface area contributed by atoms with Gasteiger partial charge in [-0.2, -0.15) is 0 Å². The van der Waals surface area contributed by atoms with Gasteiger partial charge >= 0.3 is 0 Å². The molecular weight excluding hydrogens is 238 g/mol. The molecule has 2 aromatic rings. The van der Waals surface area contributed by atoms with Gasteiger partial charge in [0.1, 0.15) is 11.6 Å². The van der Waals surface area contributed by atoms with Crippen molar-refractivity contribution in [3.05, 3.63) is 35.8 Å². The number of nitrogens with zero attached hydrogens (tertiary/aromatic N) is 2. The molecule has 2 N–H and O–H groups in total. The van der Waals surface area contributed by atoms with Crippen LogP contribution in [0.5, 0.6) is 5.75 Å². The van der Waals surface area contributed by atoms with Gasteiger partial charge in [0.15, 0.2) is 0 Å². The van der Waals surface area contributed by atoms with Gasteiger partial charge in [-0.25, -0.2) is 4.98 Å². The highest BCUT2D eigenvalue weighted by Gasteiger charge is 2.13. The molecule has 3 rings (SSSR count). The summed E-state index contributed by atoms with van der Waals surface area (Å²) >= 11 is 0. The Balaban J connectivity index is 1.98. The van der Waals surface area contributed by atoms with Crippen molar-refractivity contribution in [2.24, 2.45) is 12.8 Å². The summed E-state index contributed by atoms with van der Waals surface area (Å²) in [5.41, 5.74) is 9.23. The number of fused-ring (bicyclic) bond motifs is 1. The van der Waals surface area contributed by atoms with Crippen LogP contribution in [0.2, 0.25) is 0 Å². The maximum absolute atomic E-state index is 5.65. The third-order valence-electron chi connectivity index (χ3n) is 3.66. The predicted molar refractivity (Wildman–Crippen MR) is 75.2 cm³/mol. The molecule has 1 aromatic heterocycles. The first-order chi connectivity index (χ1) is 9.29. The van der Waals surface area contributed by atoms with Crippen LogP contribution in [0.4, 0.5) is 0 Å². The molecule has 2 heterocycles. The highest BCUT2D eigenvalue weighted by molar-refractivity contribution is 5.62. The van der Waals surface area contributed by atoms with E-state index in [1.807, 2.05) is 13.2 Å². The lowest BCUT2D eigenvalue weighted by atomic mass is 10.0. The second-order valence-electron chi connectivity index (χ2n) is 4.93. The fourth-order valence-electron chi connectivity index (χ4n) is 2.60. The molecule has 0 saturated carbocycles. The molecule has 0 atom stereocenters. The smallest absolute Gasteiger partial charge is 0.122 e. The molecule has 0 radical (unpaired) electrons. The fourth-order valence-corrected chi connectivity index (χ4v) is 2.60. The Morgan fingerprint density at radius 3 is 3.16 bits per heavy atom. The Labute approximate surface area is 113 Å². The van der Waals surface area contributed by atoms with Gasteiger partial charge in [0.25, 0.3) is 0 Å². The zero-order valence-corrected chi connectivity index (χ0v) is 11.2. The molecule has 0 aliphatic carbocycles. The largest absolute Gasteiger partial charge is 0.493 e. The average molecular weight is 257 g/mol. The highest BCUT2D eigenvalue weighted by Crippen LogP contribution is 2.30. The number of ether oxygens (including phenoxy) is 1. The molecule has 0 spiro atoms. The molecule has 4 nitrogen and oxygen atoms in total. The summed E-state index contributed by atoms with van der Waals surface area (Å²) in [6.07, 6.45) is 4.93. The van der Waals surface area contributed by atoms with Crippen molar-refractivity contribution in [3.63, 3.8) is 0 Å². The summed E-state index contributed by atoms with van der Waals surface area (Å²) in [7, 11) is 2.04. The van der Waals surface area contributed by atoms with E-state index in [1.54, 1.807) is 0 Å². The van der Waals surface area contributed by atoms with E-state index in [9.17, 15) is 0 Å². The molecule has 100 valence electrons.